The Morgan fingerprint density at radius 3 is 2.50 bits per heavy atom. The van der Waals surface area contributed by atoms with Crippen LogP contribution in [0.25, 0.3) is 39.1 Å². The highest BCUT2D eigenvalue weighted by atomic mass is 19.1. The molecule has 0 bridgehead atoms. The van der Waals surface area contributed by atoms with Crippen molar-refractivity contribution in [3.8, 4) is 28.8 Å². The van der Waals surface area contributed by atoms with Crippen LogP contribution in [-0.4, -0.2) is 27.6 Å². The predicted molar refractivity (Wildman–Crippen MR) is 177 cm³/mol. The summed E-state index contributed by atoms with van der Waals surface area (Å²) in [5.74, 6) is 1.66. The number of rotatable bonds is 8. The molecule has 0 spiro atoms. The number of aryl methyl sites for hydroxylation is 1. The van der Waals surface area contributed by atoms with E-state index in [1.54, 1.807) is 49.7 Å². The first kappa shape index (κ1) is 28.8. The number of hydrogen-bond donors (Lipinski definition) is 0. The van der Waals surface area contributed by atoms with Gasteiger partial charge in [0.2, 0.25) is 5.82 Å². The van der Waals surface area contributed by atoms with Crippen LogP contribution >= 0.6 is 0 Å². The second kappa shape index (κ2) is 11.9. The molecule has 0 atom stereocenters. The Bertz CT molecular complexity index is 2320. The molecule has 0 radical (unpaired) electrons. The number of furan rings is 1. The molecular weight excluding hydrogens is 583 g/mol. The lowest BCUT2D eigenvalue weighted by molar-refractivity contribution is 0.300. The van der Waals surface area contributed by atoms with Crippen LogP contribution in [0.5, 0.6) is 11.5 Å². The van der Waals surface area contributed by atoms with E-state index in [1.165, 1.54) is 10.7 Å². The molecule has 0 saturated heterocycles. The number of aromatic nitrogens is 3. The fourth-order valence-electron chi connectivity index (χ4n) is 5.62. The summed E-state index contributed by atoms with van der Waals surface area (Å²) in [5, 5.41) is 5.87. The van der Waals surface area contributed by atoms with Crippen molar-refractivity contribution in [1.29, 1.82) is 0 Å². The third-order valence-electron chi connectivity index (χ3n) is 7.95. The monoisotopic (exact) mass is 612 g/mol. The van der Waals surface area contributed by atoms with Crippen LogP contribution in [0.15, 0.2) is 117 Å². The minimum absolute atomic E-state index is 0.140. The van der Waals surface area contributed by atoms with Gasteiger partial charge in [-0.25, -0.2) is 9.37 Å². The summed E-state index contributed by atoms with van der Waals surface area (Å²) in [5.41, 5.74) is 5.00. The molecule has 46 heavy (non-hydrogen) atoms. The molecule has 8 nitrogen and oxygen atoms in total. The van der Waals surface area contributed by atoms with Gasteiger partial charge in [-0.15, -0.1) is 0 Å². The quantitative estimate of drug-likeness (QED) is 0.163. The molecule has 4 aromatic carbocycles. The van der Waals surface area contributed by atoms with E-state index in [9.17, 15) is 9.18 Å². The Balaban J connectivity index is 1.23. The molecular formula is C37H29FN4O4. The lowest BCUT2D eigenvalue weighted by Gasteiger charge is -2.12. The first-order chi connectivity index (χ1) is 22.4. The summed E-state index contributed by atoms with van der Waals surface area (Å²) in [4.78, 5) is 18.5. The van der Waals surface area contributed by atoms with E-state index in [-0.39, 0.29) is 23.8 Å². The zero-order valence-corrected chi connectivity index (χ0v) is 25.4. The van der Waals surface area contributed by atoms with Gasteiger partial charge >= 0.3 is 0 Å². The highest BCUT2D eigenvalue weighted by molar-refractivity contribution is 5.89. The van der Waals surface area contributed by atoms with Crippen LogP contribution in [0.4, 0.5) is 4.39 Å². The normalized spacial score (nSPS) is 11.6. The van der Waals surface area contributed by atoms with Gasteiger partial charge in [-0.05, 0) is 80.6 Å². The SMILES string of the molecule is COc1cccc2oc(-c3nc4ccccc4c(=O)n3N=Cc3cc(C)n(-c4ccc(OCc5ccccc5F)cc4)c3C)cc12. The van der Waals surface area contributed by atoms with Crippen molar-refractivity contribution in [2.45, 2.75) is 20.5 Å². The summed E-state index contributed by atoms with van der Waals surface area (Å²) < 4.78 is 34.8. The minimum atomic E-state index is -0.316. The molecule has 228 valence electrons. The van der Waals surface area contributed by atoms with Gasteiger partial charge in [0.05, 0.1) is 29.6 Å². The van der Waals surface area contributed by atoms with Crippen molar-refractivity contribution in [2.24, 2.45) is 5.10 Å². The number of methoxy groups -OCH3 is 1. The highest BCUT2D eigenvalue weighted by Crippen LogP contribution is 2.33. The van der Waals surface area contributed by atoms with Crippen LogP contribution in [0.2, 0.25) is 0 Å². The Labute approximate surface area is 263 Å². The van der Waals surface area contributed by atoms with Crippen LogP contribution in [-0.2, 0) is 6.61 Å². The summed E-state index contributed by atoms with van der Waals surface area (Å²) in [6, 6.07) is 30.7. The maximum Gasteiger partial charge on any atom is 0.282 e. The average molecular weight is 613 g/mol. The molecule has 9 heteroatoms. The van der Waals surface area contributed by atoms with Gasteiger partial charge in [0.15, 0.2) is 5.76 Å². The summed E-state index contributed by atoms with van der Waals surface area (Å²) in [6.45, 7) is 4.13. The lowest BCUT2D eigenvalue weighted by Crippen LogP contribution is -2.20. The maximum absolute atomic E-state index is 14.0. The van der Waals surface area contributed by atoms with Crippen LogP contribution < -0.4 is 15.0 Å². The van der Waals surface area contributed by atoms with E-state index in [2.05, 4.69) is 9.67 Å². The molecule has 3 aromatic heterocycles. The zero-order valence-electron chi connectivity index (χ0n) is 25.4. The molecule has 0 aliphatic carbocycles. The van der Waals surface area contributed by atoms with Crippen molar-refractivity contribution in [3.63, 3.8) is 0 Å². The molecule has 0 aliphatic heterocycles. The van der Waals surface area contributed by atoms with Gasteiger partial charge in [-0.3, -0.25) is 4.79 Å². The molecule has 3 heterocycles. The number of nitrogens with zero attached hydrogens (tertiary/aromatic N) is 4. The van der Waals surface area contributed by atoms with E-state index in [0.29, 0.717) is 39.3 Å². The van der Waals surface area contributed by atoms with Crippen molar-refractivity contribution < 1.29 is 18.3 Å². The number of fused-ring (bicyclic) bond motifs is 2. The summed E-state index contributed by atoms with van der Waals surface area (Å²) >= 11 is 0. The average Bonchev–Trinajstić information content (AvgIpc) is 3.64. The first-order valence-electron chi connectivity index (χ1n) is 14.7. The molecule has 0 amide bonds. The number of hydrogen-bond acceptors (Lipinski definition) is 6. The standard InChI is InChI=1S/C37H29FN4O4/c1-23-19-26(24(2)41(23)27-15-17-28(18-16-27)45-22-25-9-4-6-11-31(25)38)21-39-42-36(40-32-12-7-5-10-29(32)37(42)43)35-20-30-33(44-3)13-8-14-34(30)46-35/h4-21H,22H2,1-3H3. The van der Waals surface area contributed by atoms with E-state index in [1.807, 2.05) is 74.5 Å². The topological polar surface area (TPSA) is 83.8 Å². The van der Waals surface area contributed by atoms with Crippen LogP contribution in [0.3, 0.4) is 0 Å². The van der Waals surface area contributed by atoms with Gasteiger partial charge < -0.3 is 18.5 Å². The van der Waals surface area contributed by atoms with E-state index < -0.39 is 0 Å². The summed E-state index contributed by atoms with van der Waals surface area (Å²) in [6.07, 6.45) is 1.66. The Morgan fingerprint density at radius 2 is 1.70 bits per heavy atom. The molecule has 0 fully saturated rings. The van der Waals surface area contributed by atoms with Crippen LogP contribution in [0, 0.1) is 19.7 Å². The number of benzene rings is 4. The fourth-order valence-corrected chi connectivity index (χ4v) is 5.62. The third kappa shape index (κ3) is 5.21. The smallest absolute Gasteiger partial charge is 0.282 e. The van der Waals surface area contributed by atoms with Gasteiger partial charge in [0.25, 0.3) is 5.56 Å². The van der Waals surface area contributed by atoms with E-state index >= 15 is 0 Å². The minimum Gasteiger partial charge on any atom is -0.496 e. The second-order valence-corrected chi connectivity index (χ2v) is 10.8. The van der Waals surface area contributed by atoms with Crippen molar-refractivity contribution in [3.05, 3.63) is 142 Å². The van der Waals surface area contributed by atoms with Gasteiger partial charge in [0.1, 0.15) is 29.5 Å². The van der Waals surface area contributed by atoms with Crippen molar-refractivity contribution >= 4 is 28.1 Å². The fraction of sp³-hybridized carbons (Fsp3) is 0.108. The highest BCUT2D eigenvalue weighted by Gasteiger charge is 2.18. The first-order valence-corrected chi connectivity index (χ1v) is 14.7. The Hall–Kier alpha value is -5.96. The van der Waals surface area contributed by atoms with Crippen LogP contribution in [0.1, 0.15) is 22.5 Å². The molecule has 0 N–H and O–H groups in total. The predicted octanol–water partition coefficient (Wildman–Crippen LogP) is 7.83. The zero-order chi connectivity index (χ0) is 31.8. The van der Waals surface area contributed by atoms with E-state index in [4.69, 9.17) is 18.9 Å². The number of ether oxygens (including phenoxy) is 2. The van der Waals surface area contributed by atoms with Gasteiger partial charge in [0, 0.05) is 28.2 Å². The van der Waals surface area contributed by atoms with Crippen molar-refractivity contribution in [1.82, 2.24) is 14.2 Å². The van der Waals surface area contributed by atoms with E-state index in [0.717, 1.165) is 28.0 Å². The Morgan fingerprint density at radius 1 is 0.913 bits per heavy atom. The number of halogens is 1. The largest absolute Gasteiger partial charge is 0.496 e. The Kier molecular flexibility index (Phi) is 7.42. The molecule has 0 saturated carbocycles. The third-order valence-corrected chi connectivity index (χ3v) is 7.95. The lowest BCUT2D eigenvalue weighted by atomic mass is 10.2. The second-order valence-electron chi connectivity index (χ2n) is 10.8. The maximum atomic E-state index is 14.0. The van der Waals surface area contributed by atoms with Gasteiger partial charge in [-0.1, -0.05) is 36.4 Å². The van der Waals surface area contributed by atoms with Crippen molar-refractivity contribution in [2.75, 3.05) is 7.11 Å². The molecule has 0 unspecified atom stereocenters. The van der Waals surface area contributed by atoms with Gasteiger partial charge in [-0.2, -0.15) is 9.78 Å². The molecule has 7 aromatic rings. The molecule has 0 aliphatic rings. The summed E-state index contributed by atoms with van der Waals surface area (Å²) in [7, 11) is 1.60. The molecule has 7 rings (SSSR count). The number of para-hydroxylation sites is 1.